The third kappa shape index (κ3) is 2.29. The summed E-state index contributed by atoms with van der Waals surface area (Å²) in [7, 11) is 2.15. The molecule has 3 aromatic carbocycles. The molecule has 0 amide bonds. The molecule has 0 saturated carbocycles. The van der Waals surface area contributed by atoms with Gasteiger partial charge in [-0.25, -0.2) is 0 Å². The monoisotopic (exact) mass is 354 g/mol. The molecule has 0 radical (unpaired) electrons. The van der Waals surface area contributed by atoms with Crippen LogP contribution in [0.1, 0.15) is 31.9 Å². The molecule has 2 nitrogen and oxygen atoms in total. The van der Waals surface area contributed by atoms with Gasteiger partial charge in [0.2, 0.25) is 5.52 Å². The summed E-state index contributed by atoms with van der Waals surface area (Å²) in [6.45, 7) is 8.95. The average Bonchev–Trinajstić information content (AvgIpc) is 2.63. The van der Waals surface area contributed by atoms with Crippen molar-refractivity contribution in [3.63, 3.8) is 0 Å². The molecule has 0 fully saturated rings. The van der Waals surface area contributed by atoms with Crippen LogP contribution >= 0.6 is 0 Å². The molecule has 0 atom stereocenters. The van der Waals surface area contributed by atoms with Crippen molar-refractivity contribution in [1.29, 1.82) is 0 Å². The van der Waals surface area contributed by atoms with E-state index < -0.39 is 0 Å². The maximum Gasteiger partial charge on any atom is 0.256 e. The fourth-order valence-electron chi connectivity index (χ4n) is 4.26. The van der Waals surface area contributed by atoms with Gasteiger partial charge in [0, 0.05) is 17.5 Å². The molecule has 4 aromatic rings. The zero-order valence-corrected chi connectivity index (χ0v) is 16.6. The molecule has 1 aliphatic heterocycles. The molecule has 0 unspecified atom stereocenters. The van der Waals surface area contributed by atoms with Crippen LogP contribution in [0.5, 0.6) is 11.5 Å². The van der Waals surface area contributed by atoms with Crippen molar-refractivity contribution in [2.45, 2.75) is 33.1 Å². The average molecular weight is 354 g/mol. The molecular weight excluding hydrogens is 330 g/mol. The number of fused-ring (bicyclic) bond motifs is 3. The van der Waals surface area contributed by atoms with E-state index in [0.29, 0.717) is 0 Å². The van der Waals surface area contributed by atoms with Gasteiger partial charge in [-0.2, -0.15) is 4.57 Å². The predicted octanol–water partition coefficient (Wildman–Crippen LogP) is 6.20. The zero-order chi connectivity index (χ0) is 18.9. The quantitative estimate of drug-likeness (QED) is 0.302. The van der Waals surface area contributed by atoms with Crippen molar-refractivity contribution >= 4 is 21.7 Å². The van der Waals surface area contributed by atoms with Gasteiger partial charge in [0.25, 0.3) is 5.69 Å². The molecular formula is C25H24NO+. The Bertz CT molecular complexity index is 1250. The fraction of sp³-hybridized carbons (Fsp3) is 0.240. The second kappa shape index (κ2) is 5.32. The summed E-state index contributed by atoms with van der Waals surface area (Å²) >= 11 is 0. The third-order valence-corrected chi connectivity index (χ3v) is 5.78. The van der Waals surface area contributed by atoms with Gasteiger partial charge in [0.15, 0.2) is 5.75 Å². The van der Waals surface area contributed by atoms with Gasteiger partial charge < -0.3 is 4.74 Å². The normalized spacial score (nSPS) is 12.9. The Labute approximate surface area is 160 Å². The van der Waals surface area contributed by atoms with Crippen molar-refractivity contribution in [3.05, 3.63) is 65.7 Å². The Hall–Kier alpha value is -2.87. The van der Waals surface area contributed by atoms with E-state index in [-0.39, 0.29) is 5.41 Å². The van der Waals surface area contributed by atoms with E-state index >= 15 is 0 Å². The SMILES string of the molecule is Cc1ccc2cccc3c2c1-c1c(cc2cc(C(C)(C)C)ccc2[n+]1C)O3. The van der Waals surface area contributed by atoms with Crippen molar-refractivity contribution in [2.75, 3.05) is 0 Å². The standard InChI is InChI=1S/C25H24NO/c1-15-9-10-16-7-6-8-20-23(16)22(15)24-21(27-20)14-17-13-18(25(2,3)4)11-12-19(17)26(24)5/h6-14H,1-5H3/q+1. The van der Waals surface area contributed by atoms with Crippen molar-refractivity contribution in [3.8, 4) is 22.8 Å². The van der Waals surface area contributed by atoms with E-state index in [1.165, 1.54) is 38.4 Å². The Morgan fingerprint density at radius 3 is 2.44 bits per heavy atom. The molecule has 5 rings (SSSR count). The second-order valence-electron chi connectivity index (χ2n) is 8.65. The largest absolute Gasteiger partial charge is 0.450 e. The lowest BCUT2D eigenvalue weighted by molar-refractivity contribution is -0.633. The van der Waals surface area contributed by atoms with E-state index in [9.17, 15) is 0 Å². The smallest absolute Gasteiger partial charge is 0.256 e. The van der Waals surface area contributed by atoms with E-state index in [0.717, 1.165) is 17.2 Å². The minimum absolute atomic E-state index is 0.123. The van der Waals surface area contributed by atoms with Gasteiger partial charge in [-0.1, -0.05) is 51.1 Å². The van der Waals surface area contributed by atoms with E-state index in [2.05, 4.69) is 93.9 Å². The Kier molecular flexibility index (Phi) is 3.22. The first-order chi connectivity index (χ1) is 12.8. The molecule has 2 heterocycles. The number of aromatic nitrogens is 1. The summed E-state index contributed by atoms with van der Waals surface area (Å²) in [6, 6.07) is 19.7. The van der Waals surface area contributed by atoms with Crippen molar-refractivity contribution in [2.24, 2.45) is 7.05 Å². The highest BCUT2D eigenvalue weighted by atomic mass is 16.5. The van der Waals surface area contributed by atoms with Crippen LogP contribution in [-0.2, 0) is 12.5 Å². The highest BCUT2D eigenvalue weighted by Gasteiger charge is 2.30. The van der Waals surface area contributed by atoms with Crippen LogP contribution in [0.25, 0.3) is 32.9 Å². The molecule has 27 heavy (non-hydrogen) atoms. The van der Waals surface area contributed by atoms with Crippen LogP contribution in [0.4, 0.5) is 0 Å². The summed E-state index contributed by atoms with van der Waals surface area (Å²) in [5.74, 6) is 1.88. The van der Waals surface area contributed by atoms with Crippen molar-refractivity contribution in [1.82, 2.24) is 0 Å². The number of nitrogens with zero attached hydrogens (tertiary/aromatic N) is 1. The van der Waals surface area contributed by atoms with Crippen molar-refractivity contribution < 1.29 is 9.30 Å². The van der Waals surface area contributed by atoms with Gasteiger partial charge in [0.1, 0.15) is 12.8 Å². The van der Waals surface area contributed by atoms with Crippen LogP contribution in [-0.4, -0.2) is 0 Å². The number of benzene rings is 3. The summed E-state index contributed by atoms with van der Waals surface area (Å²) < 4.78 is 8.68. The summed E-state index contributed by atoms with van der Waals surface area (Å²) in [6.07, 6.45) is 0. The Balaban J connectivity index is 1.89. The summed E-state index contributed by atoms with van der Waals surface area (Å²) in [5.41, 5.74) is 6.41. The number of hydrogen-bond acceptors (Lipinski definition) is 1. The molecule has 0 saturated heterocycles. The van der Waals surface area contributed by atoms with Crippen LogP contribution < -0.4 is 9.30 Å². The summed E-state index contributed by atoms with van der Waals surface area (Å²) in [4.78, 5) is 0. The fourth-order valence-corrected chi connectivity index (χ4v) is 4.26. The Morgan fingerprint density at radius 2 is 1.67 bits per heavy atom. The second-order valence-corrected chi connectivity index (χ2v) is 8.65. The highest BCUT2D eigenvalue weighted by Crippen LogP contribution is 2.47. The molecule has 0 bridgehead atoms. The van der Waals surface area contributed by atoms with Gasteiger partial charge in [0.05, 0.1) is 10.9 Å². The van der Waals surface area contributed by atoms with E-state index in [1.54, 1.807) is 0 Å². The maximum absolute atomic E-state index is 6.40. The molecule has 0 aliphatic carbocycles. The molecule has 0 spiro atoms. The van der Waals surface area contributed by atoms with E-state index in [4.69, 9.17) is 4.74 Å². The van der Waals surface area contributed by atoms with Crippen LogP contribution in [0.15, 0.2) is 54.6 Å². The minimum atomic E-state index is 0.123. The zero-order valence-electron chi connectivity index (χ0n) is 16.6. The molecule has 1 aliphatic rings. The third-order valence-electron chi connectivity index (χ3n) is 5.78. The minimum Gasteiger partial charge on any atom is -0.450 e. The topological polar surface area (TPSA) is 13.1 Å². The van der Waals surface area contributed by atoms with E-state index in [1.807, 2.05) is 0 Å². The molecule has 0 N–H and O–H groups in total. The number of pyridine rings is 1. The van der Waals surface area contributed by atoms with Crippen LogP contribution in [0.3, 0.4) is 0 Å². The predicted molar refractivity (Wildman–Crippen MR) is 112 cm³/mol. The highest BCUT2D eigenvalue weighted by molar-refractivity contribution is 6.04. The lowest BCUT2D eigenvalue weighted by atomic mass is 9.86. The lowest BCUT2D eigenvalue weighted by Crippen LogP contribution is -2.33. The number of rotatable bonds is 0. The number of ether oxygens (including phenoxy) is 1. The maximum atomic E-state index is 6.40. The van der Waals surface area contributed by atoms with Gasteiger partial charge in [-0.05, 0) is 41.0 Å². The summed E-state index contributed by atoms with van der Waals surface area (Å²) in [5, 5.41) is 3.65. The molecule has 2 heteroatoms. The van der Waals surface area contributed by atoms with Gasteiger partial charge >= 0.3 is 0 Å². The van der Waals surface area contributed by atoms with Gasteiger partial charge in [-0.3, -0.25) is 0 Å². The number of hydrogen-bond donors (Lipinski definition) is 0. The Morgan fingerprint density at radius 1 is 0.852 bits per heavy atom. The van der Waals surface area contributed by atoms with Gasteiger partial charge in [-0.15, -0.1) is 0 Å². The molecule has 1 aromatic heterocycles. The number of aryl methyl sites for hydroxylation is 2. The first kappa shape index (κ1) is 16.3. The lowest BCUT2D eigenvalue weighted by Gasteiger charge is -2.22. The first-order valence-electron chi connectivity index (χ1n) is 9.52. The van der Waals surface area contributed by atoms with Crippen LogP contribution in [0.2, 0.25) is 0 Å². The van der Waals surface area contributed by atoms with Crippen LogP contribution in [0, 0.1) is 6.92 Å². The molecule has 134 valence electrons. The first-order valence-corrected chi connectivity index (χ1v) is 9.52.